The van der Waals surface area contributed by atoms with E-state index in [1.807, 2.05) is 90.7 Å². The van der Waals surface area contributed by atoms with Gasteiger partial charge in [-0.05, 0) is 60.4 Å². The van der Waals surface area contributed by atoms with Gasteiger partial charge in [0.25, 0.3) is 5.91 Å². The van der Waals surface area contributed by atoms with Crippen LogP contribution in [0.25, 0.3) is 0 Å². The van der Waals surface area contributed by atoms with Crippen LogP contribution in [-0.4, -0.2) is 31.6 Å². The van der Waals surface area contributed by atoms with Gasteiger partial charge in [0.2, 0.25) is 5.91 Å². The molecule has 0 fully saturated rings. The normalized spacial score (nSPS) is 20.1. The van der Waals surface area contributed by atoms with Crippen molar-refractivity contribution in [2.45, 2.75) is 31.9 Å². The average Bonchev–Trinajstić information content (AvgIpc) is 3.10. The summed E-state index contributed by atoms with van der Waals surface area (Å²) in [5.74, 6) is -0.116. The number of allylic oxidation sites excluding steroid dienone is 2. The average molecular weight is 493 g/mol. The molecule has 0 saturated carbocycles. The molecule has 5 heteroatoms. The summed E-state index contributed by atoms with van der Waals surface area (Å²) in [5, 5.41) is 0. The number of fused-ring (bicyclic) bond motifs is 2. The van der Waals surface area contributed by atoms with Crippen LogP contribution in [0.4, 0.5) is 11.4 Å². The Kier molecular flexibility index (Phi) is 6.81. The summed E-state index contributed by atoms with van der Waals surface area (Å²) >= 11 is 0. The molecular formula is C32H32N2O3. The fourth-order valence-corrected chi connectivity index (χ4v) is 5.15. The van der Waals surface area contributed by atoms with E-state index < -0.39 is 5.60 Å². The van der Waals surface area contributed by atoms with Crippen LogP contribution in [0.15, 0.2) is 97.1 Å². The lowest BCUT2D eigenvalue weighted by Crippen LogP contribution is -2.39. The highest BCUT2D eigenvalue weighted by atomic mass is 16.5. The van der Waals surface area contributed by atoms with Gasteiger partial charge >= 0.3 is 0 Å². The van der Waals surface area contributed by atoms with Crippen molar-refractivity contribution in [1.29, 1.82) is 0 Å². The first-order valence-corrected chi connectivity index (χ1v) is 12.6. The van der Waals surface area contributed by atoms with Crippen LogP contribution < -0.4 is 9.80 Å². The molecular weight excluding hydrogens is 460 g/mol. The maximum absolute atomic E-state index is 13.7. The van der Waals surface area contributed by atoms with E-state index in [0.717, 1.165) is 28.9 Å². The molecule has 0 bridgehead atoms. The molecule has 0 saturated heterocycles. The van der Waals surface area contributed by atoms with E-state index in [4.69, 9.17) is 4.74 Å². The standard InChI is InChI=1S/C32H32N2O3/c1-32(37-3)19-9-8-13-27(32)21-30(35)33(2)28-17-15-23(16-18-28)31(36)34-22-26-12-5-4-10-24(26)20-25-11-6-7-14-29(25)34/h4-19,27H,20-22H2,1-3H3. The van der Waals surface area contributed by atoms with E-state index in [2.05, 4.69) is 18.2 Å². The number of nitrogens with zero attached hydrogens (tertiary/aromatic N) is 2. The molecule has 3 aromatic carbocycles. The molecule has 0 aromatic heterocycles. The fourth-order valence-electron chi connectivity index (χ4n) is 5.15. The van der Waals surface area contributed by atoms with Gasteiger partial charge in [-0.3, -0.25) is 9.59 Å². The zero-order valence-corrected chi connectivity index (χ0v) is 21.6. The molecule has 5 nitrogen and oxygen atoms in total. The molecule has 1 aliphatic carbocycles. The first-order chi connectivity index (χ1) is 17.9. The zero-order chi connectivity index (χ0) is 26.0. The number of hydrogen-bond donors (Lipinski definition) is 0. The molecule has 3 aromatic rings. The minimum atomic E-state index is -0.510. The Hall–Kier alpha value is -3.96. The van der Waals surface area contributed by atoms with Gasteiger partial charge < -0.3 is 14.5 Å². The van der Waals surface area contributed by atoms with Crippen LogP contribution in [0.5, 0.6) is 0 Å². The summed E-state index contributed by atoms with van der Waals surface area (Å²) in [6, 6.07) is 23.7. The summed E-state index contributed by atoms with van der Waals surface area (Å²) in [7, 11) is 3.44. The molecule has 188 valence electrons. The van der Waals surface area contributed by atoms with E-state index >= 15 is 0 Å². The Morgan fingerprint density at radius 3 is 2.35 bits per heavy atom. The number of ether oxygens (including phenoxy) is 1. The van der Waals surface area contributed by atoms with Crippen LogP contribution in [0.1, 0.15) is 40.4 Å². The maximum Gasteiger partial charge on any atom is 0.258 e. The number of methoxy groups -OCH3 is 1. The topological polar surface area (TPSA) is 49.9 Å². The van der Waals surface area contributed by atoms with E-state index in [-0.39, 0.29) is 17.7 Å². The number of amides is 2. The Morgan fingerprint density at radius 1 is 0.946 bits per heavy atom. The van der Waals surface area contributed by atoms with Gasteiger partial charge in [0.1, 0.15) is 0 Å². The summed E-state index contributed by atoms with van der Waals surface area (Å²) in [5.41, 5.74) is 5.30. The van der Waals surface area contributed by atoms with Crippen molar-refractivity contribution < 1.29 is 14.3 Å². The summed E-state index contributed by atoms with van der Waals surface area (Å²) in [6.07, 6.45) is 9.05. The second kappa shape index (κ2) is 10.2. The highest BCUT2D eigenvalue weighted by Gasteiger charge is 2.34. The van der Waals surface area contributed by atoms with Crippen LogP contribution in [0.2, 0.25) is 0 Å². The molecule has 2 amide bonds. The monoisotopic (exact) mass is 492 g/mol. The third kappa shape index (κ3) is 4.87. The van der Waals surface area contributed by atoms with E-state index in [0.29, 0.717) is 18.5 Å². The van der Waals surface area contributed by atoms with Crippen molar-refractivity contribution in [3.05, 3.63) is 119 Å². The summed E-state index contributed by atoms with van der Waals surface area (Å²) in [4.78, 5) is 30.3. The molecule has 0 radical (unpaired) electrons. The van der Waals surface area contributed by atoms with Crippen LogP contribution in [0, 0.1) is 5.92 Å². The second-order valence-corrected chi connectivity index (χ2v) is 9.91. The van der Waals surface area contributed by atoms with Gasteiger partial charge in [-0.2, -0.15) is 0 Å². The Morgan fingerprint density at radius 2 is 1.62 bits per heavy atom. The van der Waals surface area contributed by atoms with Crippen molar-refractivity contribution >= 4 is 23.2 Å². The SMILES string of the molecule is COC1(C)C=CC=CC1CC(=O)N(C)c1ccc(C(=O)N2Cc3ccccc3Cc3ccccc32)cc1. The van der Waals surface area contributed by atoms with Gasteiger partial charge in [0.15, 0.2) is 0 Å². The Balaban J connectivity index is 1.35. The lowest BCUT2D eigenvalue weighted by molar-refractivity contribution is -0.120. The number of carbonyl (C=O) groups excluding carboxylic acids is 2. The lowest BCUT2D eigenvalue weighted by atomic mass is 9.82. The Bertz CT molecular complexity index is 1370. The van der Waals surface area contributed by atoms with Crippen molar-refractivity contribution in [2.24, 2.45) is 5.92 Å². The minimum absolute atomic E-state index is 0.00893. The molecule has 0 N–H and O–H groups in total. The third-order valence-electron chi connectivity index (χ3n) is 7.68. The first kappa shape index (κ1) is 24.7. The van der Waals surface area contributed by atoms with E-state index in [9.17, 15) is 9.59 Å². The number of rotatable bonds is 5. The molecule has 5 rings (SSSR count). The summed E-state index contributed by atoms with van der Waals surface area (Å²) in [6.45, 7) is 2.51. The number of anilines is 2. The van der Waals surface area contributed by atoms with Crippen molar-refractivity contribution in [1.82, 2.24) is 0 Å². The minimum Gasteiger partial charge on any atom is -0.374 e. The predicted molar refractivity (Wildman–Crippen MR) is 148 cm³/mol. The van der Waals surface area contributed by atoms with Gasteiger partial charge in [-0.25, -0.2) is 0 Å². The van der Waals surface area contributed by atoms with Crippen LogP contribution >= 0.6 is 0 Å². The summed E-state index contributed by atoms with van der Waals surface area (Å²) < 4.78 is 5.68. The molecule has 1 heterocycles. The van der Waals surface area contributed by atoms with Crippen LogP contribution in [-0.2, 0) is 22.5 Å². The van der Waals surface area contributed by atoms with Gasteiger partial charge in [0.05, 0.1) is 12.1 Å². The highest BCUT2D eigenvalue weighted by molar-refractivity contribution is 6.07. The van der Waals surface area contributed by atoms with Crippen molar-refractivity contribution in [3.8, 4) is 0 Å². The number of para-hydroxylation sites is 1. The van der Waals surface area contributed by atoms with Gasteiger partial charge in [0, 0.05) is 43.4 Å². The maximum atomic E-state index is 13.7. The number of benzene rings is 3. The second-order valence-electron chi connectivity index (χ2n) is 9.91. The molecule has 2 aliphatic rings. The lowest BCUT2D eigenvalue weighted by Gasteiger charge is -2.34. The third-order valence-corrected chi connectivity index (χ3v) is 7.68. The first-order valence-electron chi connectivity index (χ1n) is 12.6. The smallest absolute Gasteiger partial charge is 0.258 e. The largest absolute Gasteiger partial charge is 0.374 e. The fraction of sp³-hybridized carbons (Fsp3) is 0.250. The zero-order valence-electron chi connectivity index (χ0n) is 21.6. The van der Waals surface area contributed by atoms with Crippen molar-refractivity contribution in [3.63, 3.8) is 0 Å². The molecule has 1 aliphatic heterocycles. The highest BCUT2D eigenvalue weighted by Crippen LogP contribution is 2.33. The van der Waals surface area contributed by atoms with Crippen LogP contribution in [0.3, 0.4) is 0 Å². The molecule has 0 spiro atoms. The Labute approximate surface area is 218 Å². The molecule has 2 atom stereocenters. The van der Waals surface area contributed by atoms with Crippen molar-refractivity contribution in [2.75, 3.05) is 24.0 Å². The quantitative estimate of drug-likeness (QED) is 0.443. The predicted octanol–water partition coefficient (Wildman–Crippen LogP) is 5.94. The van der Waals surface area contributed by atoms with E-state index in [1.165, 1.54) is 5.56 Å². The number of carbonyl (C=O) groups is 2. The van der Waals surface area contributed by atoms with Gasteiger partial charge in [-0.15, -0.1) is 0 Å². The molecule has 37 heavy (non-hydrogen) atoms. The van der Waals surface area contributed by atoms with Gasteiger partial charge in [-0.1, -0.05) is 66.8 Å². The van der Waals surface area contributed by atoms with E-state index in [1.54, 1.807) is 19.1 Å². The number of hydrogen-bond acceptors (Lipinski definition) is 3. The molecule has 2 unspecified atom stereocenters.